The van der Waals surface area contributed by atoms with Crippen molar-refractivity contribution in [1.82, 2.24) is 9.97 Å². The molecule has 1 atom stereocenters. The second kappa shape index (κ2) is 6.98. The molecule has 0 fully saturated rings. The lowest BCUT2D eigenvalue weighted by Gasteiger charge is -2.23. The lowest BCUT2D eigenvalue weighted by atomic mass is 9.95. The summed E-state index contributed by atoms with van der Waals surface area (Å²) in [5.74, 6) is 0.718. The molecule has 1 aromatic carbocycles. The maximum atomic E-state index is 10.6. The summed E-state index contributed by atoms with van der Waals surface area (Å²) in [6, 6.07) is 8.48. The number of rotatable bonds is 6. The summed E-state index contributed by atoms with van der Waals surface area (Å²) >= 11 is 0. The molecule has 0 radical (unpaired) electrons. The number of nitrogens with zero attached hydrogens (tertiary/aromatic N) is 3. The third kappa shape index (κ3) is 3.78. The van der Waals surface area contributed by atoms with E-state index in [1.165, 1.54) is 18.0 Å². The van der Waals surface area contributed by atoms with Gasteiger partial charge in [-0.3, -0.25) is 10.1 Å². The number of benzene rings is 1. The van der Waals surface area contributed by atoms with E-state index in [4.69, 9.17) is 0 Å². The van der Waals surface area contributed by atoms with Gasteiger partial charge in [0.05, 0.1) is 11.0 Å². The van der Waals surface area contributed by atoms with Crippen molar-refractivity contribution in [3.05, 3.63) is 57.9 Å². The Labute approximate surface area is 129 Å². The quantitative estimate of drug-likeness (QED) is 0.649. The third-order valence-electron chi connectivity index (χ3n) is 3.55. The Hall–Kier alpha value is -2.50. The topological polar surface area (TPSA) is 81.0 Å². The van der Waals surface area contributed by atoms with Crippen molar-refractivity contribution in [3.8, 4) is 0 Å². The van der Waals surface area contributed by atoms with Gasteiger partial charge in [0.2, 0.25) is 5.95 Å². The molecule has 0 amide bonds. The van der Waals surface area contributed by atoms with Gasteiger partial charge in [0.1, 0.15) is 12.4 Å². The zero-order valence-corrected chi connectivity index (χ0v) is 13.0. The summed E-state index contributed by atoms with van der Waals surface area (Å²) in [5, 5.41) is 13.9. The number of hydrogen-bond acceptors (Lipinski definition) is 5. The molecule has 0 aliphatic carbocycles. The van der Waals surface area contributed by atoms with Crippen molar-refractivity contribution in [3.63, 3.8) is 0 Å². The highest BCUT2D eigenvalue weighted by molar-refractivity contribution is 5.36. The molecule has 0 spiro atoms. The molecule has 116 valence electrons. The molecule has 0 saturated heterocycles. The van der Waals surface area contributed by atoms with Gasteiger partial charge in [-0.2, -0.15) is 0 Å². The van der Waals surface area contributed by atoms with Crippen molar-refractivity contribution < 1.29 is 4.92 Å². The molecular weight excluding hydrogens is 280 g/mol. The van der Waals surface area contributed by atoms with Gasteiger partial charge in [-0.05, 0) is 23.5 Å². The van der Waals surface area contributed by atoms with Gasteiger partial charge in [-0.15, -0.1) is 0 Å². The Balaban J connectivity index is 2.19. The molecule has 1 aromatic heterocycles. The Kier molecular flexibility index (Phi) is 5.04. The number of aromatic nitrogens is 2. The number of hydrogen-bond donors (Lipinski definition) is 1. The van der Waals surface area contributed by atoms with Crippen molar-refractivity contribution >= 4 is 11.6 Å². The number of anilines is 1. The van der Waals surface area contributed by atoms with Gasteiger partial charge in [0.25, 0.3) is 0 Å². The minimum Gasteiger partial charge on any atom is -0.347 e. The van der Waals surface area contributed by atoms with Crippen molar-refractivity contribution in [1.29, 1.82) is 0 Å². The van der Waals surface area contributed by atoms with Crippen LogP contribution in [0, 0.1) is 16.0 Å². The zero-order valence-electron chi connectivity index (χ0n) is 13.0. The molecule has 6 nitrogen and oxygen atoms in total. The molecule has 2 aromatic rings. The Morgan fingerprint density at radius 2 is 1.77 bits per heavy atom. The third-order valence-corrected chi connectivity index (χ3v) is 3.55. The summed E-state index contributed by atoms with van der Waals surface area (Å²) in [4.78, 5) is 18.2. The predicted octanol–water partition coefficient (Wildman–Crippen LogP) is 3.76. The normalized spacial score (nSPS) is 12.2. The first kappa shape index (κ1) is 15.9. The van der Waals surface area contributed by atoms with Gasteiger partial charge >= 0.3 is 5.69 Å². The molecule has 0 saturated carbocycles. The van der Waals surface area contributed by atoms with Crippen LogP contribution in [0.5, 0.6) is 0 Å². The highest BCUT2D eigenvalue weighted by Gasteiger charge is 2.17. The highest BCUT2D eigenvalue weighted by Crippen LogP contribution is 2.25. The van der Waals surface area contributed by atoms with Gasteiger partial charge in [-0.25, -0.2) is 9.97 Å². The maximum absolute atomic E-state index is 10.6. The summed E-state index contributed by atoms with van der Waals surface area (Å²) in [5.41, 5.74) is 2.32. The van der Waals surface area contributed by atoms with E-state index in [9.17, 15) is 10.1 Å². The predicted molar refractivity (Wildman–Crippen MR) is 85.7 cm³/mol. The van der Waals surface area contributed by atoms with Crippen LogP contribution in [0.25, 0.3) is 0 Å². The fourth-order valence-electron chi connectivity index (χ4n) is 2.22. The van der Waals surface area contributed by atoms with E-state index in [1.807, 2.05) is 0 Å². The largest absolute Gasteiger partial charge is 0.347 e. The molecule has 0 aliphatic heterocycles. The first-order valence-electron chi connectivity index (χ1n) is 7.33. The minimum absolute atomic E-state index is 0.0485. The molecule has 22 heavy (non-hydrogen) atoms. The van der Waals surface area contributed by atoms with Crippen LogP contribution < -0.4 is 5.32 Å². The molecule has 1 heterocycles. The molecule has 1 N–H and O–H groups in total. The maximum Gasteiger partial charge on any atom is 0.305 e. The monoisotopic (exact) mass is 300 g/mol. The van der Waals surface area contributed by atoms with Crippen LogP contribution in [0.15, 0.2) is 36.7 Å². The Bertz CT molecular complexity index is 624. The van der Waals surface area contributed by atoms with Gasteiger partial charge in [0.15, 0.2) is 0 Å². The molecule has 2 rings (SSSR count). The van der Waals surface area contributed by atoms with E-state index >= 15 is 0 Å². The van der Waals surface area contributed by atoms with Crippen molar-refractivity contribution in [2.75, 3.05) is 5.32 Å². The number of nitrogens with one attached hydrogen (secondary N) is 1. The highest BCUT2D eigenvalue weighted by atomic mass is 16.6. The lowest BCUT2D eigenvalue weighted by Crippen LogP contribution is -2.18. The van der Waals surface area contributed by atoms with Crippen LogP contribution in [-0.4, -0.2) is 14.9 Å². The van der Waals surface area contributed by atoms with Crippen molar-refractivity contribution in [2.24, 2.45) is 5.92 Å². The van der Waals surface area contributed by atoms with Crippen LogP contribution in [0.4, 0.5) is 11.6 Å². The molecule has 0 aliphatic rings. The van der Waals surface area contributed by atoms with E-state index in [0.717, 1.165) is 12.0 Å². The fourth-order valence-corrected chi connectivity index (χ4v) is 2.22. The Morgan fingerprint density at radius 1 is 1.18 bits per heavy atom. The molecule has 6 heteroatoms. The van der Waals surface area contributed by atoms with Gasteiger partial charge in [0, 0.05) is 0 Å². The van der Waals surface area contributed by atoms with Crippen LogP contribution in [-0.2, 0) is 6.42 Å². The van der Waals surface area contributed by atoms with E-state index in [-0.39, 0.29) is 11.7 Å². The average molecular weight is 300 g/mol. The SMILES string of the molecule is CCc1ccc(C(Nc2ncc([N+](=O)[O-])cn2)C(C)C)cc1. The van der Waals surface area contributed by atoms with Crippen LogP contribution >= 0.6 is 0 Å². The molecular formula is C16H20N4O2. The molecule has 1 unspecified atom stereocenters. The average Bonchev–Trinajstić information content (AvgIpc) is 2.53. The zero-order chi connectivity index (χ0) is 16.1. The second-order valence-corrected chi connectivity index (χ2v) is 5.48. The fraction of sp³-hybridized carbons (Fsp3) is 0.375. The summed E-state index contributed by atoms with van der Waals surface area (Å²) in [6.07, 6.45) is 3.44. The molecule has 0 bridgehead atoms. The standard InChI is InChI=1S/C16H20N4O2/c1-4-12-5-7-13(8-6-12)15(11(2)3)19-16-17-9-14(10-18-16)20(21)22/h5-11,15H,4H2,1-3H3,(H,17,18,19). The van der Waals surface area contributed by atoms with Gasteiger partial charge in [-0.1, -0.05) is 45.0 Å². The first-order chi connectivity index (χ1) is 10.5. The second-order valence-electron chi connectivity index (χ2n) is 5.48. The van der Waals surface area contributed by atoms with E-state index in [0.29, 0.717) is 11.9 Å². The minimum atomic E-state index is -0.507. The lowest BCUT2D eigenvalue weighted by molar-refractivity contribution is -0.385. The van der Waals surface area contributed by atoms with E-state index in [2.05, 4.69) is 60.3 Å². The van der Waals surface area contributed by atoms with Crippen molar-refractivity contribution in [2.45, 2.75) is 33.2 Å². The summed E-state index contributed by atoms with van der Waals surface area (Å²) in [6.45, 7) is 6.34. The number of nitro groups is 1. The smallest absolute Gasteiger partial charge is 0.305 e. The van der Waals surface area contributed by atoms with Crippen LogP contribution in [0.3, 0.4) is 0 Å². The summed E-state index contributed by atoms with van der Waals surface area (Å²) in [7, 11) is 0. The Morgan fingerprint density at radius 3 is 2.23 bits per heavy atom. The van der Waals surface area contributed by atoms with E-state index in [1.54, 1.807) is 0 Å². The van der Waals surface area contributed by atoms with E-state index < -0.39 is 4.92 Å². The first-order valence-corrected chi connectivity index (χ1v) is 7.33. The van der Waals surface area contributed by atoms with Crippen LogP contribution in [0.1, 0.15) is 37.9 Å². The number of aryl methyl sites for hydroxylation is 1. The van der Waals surface area contributed by atoms with Crippen LogP contribution in [0.2, 0.25) is 0 Å². The van der Waals surface area contributed by atoms with Gasteiger partial charge < -0.3 is 5.32 Å². The summed E-state index contributed by atoms with van der Waals surface area (Å²) < 4.78 is 0.